The molecule has 1 saturated heterocycles. The van der Waals surface area contributed by atoms with Gasteiger partial charge in [-0.25, -0.2) is 9.37 Å². The topological polar surface area (TPSA) is 71.2 Å². The van der Waals surface area contributed by atoms with Crippen molar-refractivity contribution >= 4 is 29.2 Å². The van der Waals surface area contributed by atoms with E-state index in [0.29, 0.717) is 29.7 Å². The average molecular weight is 453 g/mol. The summed E-state index contributed by atoms with van der Waals surface area (Å²) in [6.45, 7) is 2.46. The summed E-state index contributed by atoms with van der Waals surface area (Å²) in [5.74, 6) is 0.504. The third kappa shape index (κ3) is 3.79. The number of hydrogen-bond donors (Lipinski definition) is 2. The van der Waals surface area contributed by atoms with Gasteiger partial charge < -0.3 is 16.0 Å². The maximum atomic E-state index is 14.9. The number of hydrogen-bond acceptors (Lipinski definition) is 5. The molecule has 2 aliphatic rings. The van der Waals surface area contributed by atoms with Gasteiger partial charge in [0, 0.05) is 59.1 Å². The van der Waals surface area contributed by atoms with Crippen LogP contribution in [0, 0.1) is 11.8 Å². The van der Waals surface area contributed by atoms with Gasteiger partial charge in [0.05, 0.1) is 0 Å². The van der Waals surface area contributed by atoms with E-state index < -0.39 is 11.8 Å². The SMILES string of the molecule is Nc1nc(F)c(-c2ccc(N3CCSCC3)cc2)cc1-c1cc2c(cc1F)C(=O)NCC2. The predicted octanol–water partition coefficient (Wildman–Crippen LogP) is 4.12. The number of nitrogens with one attached hydrogen (secondary N) is 1. The molecule has 0 saturated carbocycles. The molecule has 1 fully saturated rings. The van der Waals surface area contributed by atoms with E-state index in [0.717, 1.165) is 35.8 Å². The van der Waals surface area contributed by atoms with Crippen LogP contribution >= 0.6 is 11.8 Å². The zero-order chi connectivity index (χ0) is 22.2. The first kappa shape index (κ1) is 20.8. The number of carbonyl (C=O) groups is 1. The molecule has 0 radical (unpaired) electrons. The number of carbonyl (C=O) groups excluding carboxylic acids is 1. The Balaban J connectivity index is 1.53. The Hall–Kier alpha value is -3.13. The van der Waals surface area contributed by atoms with Crippen molar-refractivity contribution in [1.29, 1.82) is 0 Å². The molecule has 2 aliphatic heterocycles. The molecule has 0 atom stereocenters. The molecule has 5 nitrogen and oxygen atoms in total. The maximum Gasteiger partial charge on any atom is 0.251 e. The highest BCUT2D eigenvalue weighted by Crippen LogP contribution is 2.35. The Morgan fingerprint density at radius 1 is 0.969 bits per heavy atom. The number of nitrogens with two attached hydrogens (primary N) is 1. The van der Waals surface area contributed by atoms with Gasteiger partial charge in [0.15, 0.2) is 0 Å². The fourth-order valence-corrected chi connectivity index (χ4v) is 5.15. The van der Waals surface area contributed by atoms with Gasteiger partial charge in [-0.2, -0.15) is 16.2 Å². The third-order valence-electron chi connectivity index (χ3n) is 5.97. The summed E-state index contributed by atoms with van der Waals surface area (Å²) in [7, 11) is 0. The van der Waals surface area contributed by atoms with E-state index in [1.54, 1.807) is 6.07 Å². The zero-order valence-corrected chi connectivity index (χ0v) is 18.1. The minimum absolute atomic E-state index is 0.0900. The number of thioether (sulfide) groups is 1. The van der Waals surface area contributed by atoms with Crippen LogP contribution in [-0.4, -0.2) is 42.0 Å². The van der Waals surface area contributed by atoms with Gasteiger partial charge in [-0.1, -0.05) is 12.1 Å². The second kappa shape index (κ2) is 8.43. The minimum atomic E-state index is -0.703. The molecular formula is C24H22F2N4OS. The number of anilines is 2. The van der Waals surface area contributed by atoms with Crippen LogP contribution in [-0.2, 0) is 6.42 Å². The van der Waals surface area contributed by atoms with Gasteiger partial charge in [-0.15, -0.1) is 0 Å². The minimum Gasteiger partial charge on any atom is -0.383 e. The second-order valence-electron chi connectivity index (χ2n) is 7.90. The van der Waals surface area contributed by atoms with E-state index in [9.17, 15) is 13.6 Å². The van der Waals surface area contributed by atoms with E-state index in [1.165, 1.54) is 12.1 Å². The molecule has 3 heterocycles. The Labute approximate surface area is 189 Å². The molecule has 0 spiro atoms. The van der Waals surface area contributed by atoms with Crippen molar-refractivity contribution in [2.75, 3.05) is 41.8 Å². The molecule has 0 aliphatic carbocycles. The predicted molar refractivity (Wildman–Crippen MR) is 125 cm³/mol. The standard InChI is InChI=1S/C24H22F2N4OS/c25-21-13-18-15(5-6-28-24(18)31)11-19(21)20-12-17(22(26)29-23(20)27)14-1-3-16(4-2-14)30-7-9-32-10-8-30/h1-4,11-13H,5-10H2,(H2,27,29)(H,28,31). The van der Waals surface area contributed by atoms with Crippen LogP contribution in [0.5, 0.6) is 0 Å². The van der Waals surface area contributed by atoms with Crippen LogP contribution in [0.15, 0.2) is 42.5 Å². The van der Waals surface area contributed by atoms with Crippen LogP contribution in [0.4, 0.5) is 20.3 Å². The number of nitrogen functional groups attached to an aromatic ring is 1. The molecular weight excluding hydrogens is 430 g/mol. The van der Waals surface area contributed by atoms with Crippen molar-refractivity contribution < 1.29 is 13.6 Å². The van der Waals surface area contributed by atoms with E-state index in [4.69, 9.17) is 5.73 Å². The van der Waals surface area contributed by atoms with Crippen LogP contribution in [0.2, 0.25) is 0 Å². The van der Waals surface area contributed by atoms with Gasteiger partial charge in [0.1, 0.15) is 11.6 Å². The largest absolute Gasteiger partial charge is 0.383 e. The van der Waals surface area contributed by atoms with Crippen molar-refractivity contribution in [2.45, 2.75) is 6.42 Å². The van der Waals surface area contributed by atoms with Crippen LogP contribution < -0.4 is 16.0 Å². The average Bonchev–Trinajstić information content (AvgIpc) is 2.81. The fraction of sp³-hybridized carbons (Fsp3) is 0.250. The number of pyridine rings is 1. The van der Waals surface area contributed by atoms with E-state index >= 15 is 0 Å². The summed E-state index contributed by atoms with van der Waals surface area (Å²) in [5.41, 5.74) is 9.56. The Morgan fingerprint density at radius 3 is 2.47 bits per heavy atom. The summed E-state index contributed by atoms with van der Waals surface area (Å²) in [5, 5.41) is 2.71. The van der Waals surface area contributed by atoms with Gasteiger partial charge >= 0.3 is 0 Å². The molecule has 0 bridgehead atoms. The van der Waals surface area contributed by atoms with E-state index in [1.807, 2.05) is 36.0 Å². The molecule has 32 heavy (non-hydrogen) atoms. The van der Waals surface area contributed by atoms with Crippen LogP contribution in [0.3, 0.4) is 0 Å². The summed E-state index contributed by atoms with van der Waals surface area (Å²) in [6.07, 6.45) is 0.589. The summed E-state index contributed by atoms with van der Waals surface area (Å²) < 4.78 is 29.7. The first-order chi connectivity index (χ1) is 15.5. The number of nitrogens with zero attached hydrogens (tertiary/aromatic N) is 2. The first-order valence-corrected chi connectivity index (χ1v) is 11.7. The lowest BCUT2D eigenvalue weighted by molar-refractivity contribution is 0.0945. The van der Waals surface area contributed by atoms with Crippen molar-refractivity contribution in [3.05, 3.63) is 65.4 Å². The fourth-order valence-electron chi connectivity index (χ4n) is 4.24. The van der Waals surface area contributed by atoms with Crippen LogP contribution in [0.1, 0.15) is 15.9 Å². The van der Waals surface area contributed by atoms with Crippen molar-refractivity contribution in [3.63, 3.8) is 0 Å². The Bertz CT molecular complexity index is 1190. The Kier molecular flexibility index (Phi) is 5.46. The zero-order valence-electron chi connectivity index (χ0n) is 17.3. The Morgan fingerprint density at radius 2 is 1.72 bits per heavy atom. The van der Waals surface area contributed by atoms with Crippen LogP contribution in [0.25, 0.3) is 22.3 Å². The normalized spacial score (nSPS) is 15.9. The highest BCUT2D eigenvalue weighted by molar-refractivity contribution is 7.99. The second-order valence-corrected chi connectivity index (χ2v) is 9.13. The lowest BCUT2D eigenvalue weighted by Crippen LogP contribution is -2.32. The highest BCUT2D eigenvalue weighted by atomic mass is 32.2. The molecule has 5 rings (SSSR count). The number of rotatable bonds is 3. The molecule has 1 aromatic heterocycles. The monoisotopic (exact) mass is 452 g/mol. The molecule has 0 unspecified atom stereocenters. The molecule has 1 amide bonds. The van der Waals surface area contributed by atoms with Crippen molar-refractivity contribution in [2.24, 2.45) is 0 Å². The van der Waals surface area contributed by atoms with Gasteiger partial charge in [0.2, 0.25) is 5.95 Å². The number of benzene rings is 2. The quantitative estimate of drug-likeness (QED) is 0.585. The van der Waals surface area contributed by atoms with Gasteiger partial charge in [-0.3, -0.25) is 4.79 Å². The van der Waals surface area contributed by atoms with E-state index in [-0.39, 0.29) is 22.9 Å². The molecule has 2 aromatic carbocycles. The number of fused-ring (bicyclic) bond motifs is 1. The van der Waals surface area contributed by atoms with Crippen molar-refractivity contribution in [1.82, 2.24) is 10.3 Å². The van der Waals surface area contributed by atoms with Gasteiger partial charge in [0.25, 0.3) is 5.91 Å². The molecule has 3 N–H and O–H groups in total. The third-order valence-corrected chi connectivity index (χ3v) is 6.91. The first-order valence-electron chi connectivity index (χ1n) is 10.5. The summed E-state index contributed by atoms with van der Waals surface area (Å²) in [4.78, 5) is 18.2. The molecule has 164 valence electrons. The number of aromatic nitrogens is 1. The highest BCUT2D eigenvalue weighted by Gasteiger charge is 2.22. The molecule has 8 heteroatoms. The lowest BCUT2D eigenvalue weighted by atomic mass is 9.93. The van der Waals surface area contributed by atoms with Gasteiger partial charge in [-0.05, 0) is 47.9 Å². The lowest BCUT2D eigenvalue weighted by Gasteiger charge is -2.28. The van der Waals surface area contributed by atoms with Crippen molar-refractivity contribution in [3.8, 4) is 22.3 Å². The summed E-state index contributed by atoms with van der Waals surface area (Å²) in [6, 6.07) is 12.0. The number of amides is 1. The number of halogens is 2. The maximum absolute atomic E-state index is 14.9. The molecule has 3 aromatic rings. The summed E-state index contributed by atoms with van der Waals surface area (Å²) >= 11 is 1.94. The van der Waals surface area contributed by atoms with E-state index in [2.05, 4.69) is 15.2 Å². The smallest absolute Gasteiger partial charge is 0.251 e.